The van der Waals surface area contributed by atoms with Crippen molar-refractivity contribution in [2.24, 2.45) is 0 Å². The zero-order valence-electron chi connectivity index (χ0n) is 7.70. The Hall–Kier alpha value is -0.940. The van der Waals surface area contributed by atoms with E-state index in [1.807, 2.05) is 0 Å². The fraction of sp³-hybridized carbons (Fsp3) is 0.333. The average Bonchev–Trinajstić information content (AvgIpc) is 2.17. The van der Waals surface area contributed by atoms with E-state index in [-0.39, 0.29) is 18.6 Å². The van der Waals surface area contributed by atoms with Crippen LogP contribution in [0.5, 0.6) is 0 Å². The van der Waals surface area contributed by atoms with E-state index in [0.717, 1.165) is 0 Å². The number of nitrogens with one attached hydrogen (secondary N) is 1. The Balaban J connectivity index is 2.70. The van der Waals surface area contributed by atoms with Gasteiger partial charge in [-0.1, -0.05) is 6.07 Å². The molecule has 0 radical (unpaired) electrons. The monoisotopic (exact) mass is 258 g/mol. The molecular formula is C9H11BrN2O2. The Morgan fingerprint density at radius 2 is 2.43 bits per heavy atom. The molecule has 1 rings (SSSR count). The van der Waals surface area contributed by atoms with Crippen molar-refractivity contribution in [2.75, 3.05) is 6.61 Å². The highest BCUT2D eigenvalue weighted by Crippen LogP contribution is 2.06. The van der Waals surface area contributed by atoms with Gasteiger partial charge in [-0.3, -0.25) is 4.79 Å². The van der Waals surface area contributed by atoms with E-state index in [1.54, 1.807) is 25.1 Å². The number of aliphatic hydroxyl groups is 1. The fourth-order valence-electron chi connectivity index (χ4n) is 0.878. The molecule has 1 aromatic rings. The Morgan fingerprint density at radius 1 is 1.71 bits per heavy atom. The number of aliphatic hydroxyl groups excluding tert-OH is 1. The highest BCUT2D eigenvalue weighted by Gasteiger charge is 2.09. The first-order valence-electron chi connectivity index (χ1n) is 4.17. The molecule has 1 aromatic heterocycles. The van der Waals surface area contributed by atoms with Crippen LogP contribution in [0.4, 0.5) is 0 Å². The lowest BCUT2D eigenvalue weighted by molar-refractivity contribution is 0.0917. The minimum Gasteiger partial charge on any atom is -0.394 e. The maximum atomic E-state index is 11.5. The van der Waals surface area contributed by atoms with Gasteiger partial charge in [0.15, 0.2) is 0 Å². The van der Waals surface area contributed by atoms with Gasteiger partial charge in [0.2, 0.25) is 0 Å². The minimum atomic E-state index is -0.284. The molecule has 0 aliphatic heterocycles. The van der Waals surface area contributed by atoms with Crippen LogP contribution in [0.3, 0.4) is 0 Å². The van der Waals surface area contributed by atoms with E-state index in [0.29, 0.717) is 10.3 Å². The second-order valence-corrected chi connectivity index (χ2v) is 3.72. The van der Waals surface area contributed by atoms with Crippen LogP contribution in [0.15, 0.2) is 22.8 Å². The Morgan fingerprint density at radius 3 is 3.00 bits per heavy atom. The molecule has 0 fully saturated rings. The van der Waals surface area contributed by atoms with E-state index in [4.69, 9.17) is 5.11 Å². The number of aromatic nitrogens is 1. The zero-order chi connectivity index (χ0) is 10.6. The number of carbonyl (C=O) groups is 1. The Labute approximate surface area is 90.5 Å². The molecule has 0 bridgehead atoms. The standard InChI is InChI=1S/C9H11BrN2O2/c1-6(5-13)11-9(14)7-3-2-4-8(10)12-7/h2-4,6,13H,5H2,1H3,(H,11,14)/t6-/m1/s1. The third kappa shape index (κ3) is 3.08. The molecule has 0 aliphatic carbocycles. The molecule has 1 atom stereocenters. The number of nitrogens with zero attached hydrogens (tertiary/aromatic N) is 1. The van der Waals surface area contributed by atoms with Gasteiger partial charge in [0.25, 0.3) is 5.91 Å². The molecule has 0 saturated heterocycles. The topological polar surface area (TPSA) is 62.2 Å². The molecule has 1 heterocycles. The van der Waals surface area contributed by atoms with Crippen molar-refractivity contribution in [3.63, 3.8) is 0 Å². The molecule has 5 heteroatoms. The quantitative estimate of drug-likeness (QED) is 0.794. The fourth-order valence-corrected chi connectivity index (χ4v) is 1.22. The number of amides is 1. The largest absolute Gasteiger partial charge is 0.394 e. The van der Waals surface area contributed by atoms with Gasteiger partial charge in [-0.05, 0) is 35.0 Å². The molecule has 1 amide bonds. The molecule has 0 saturated carbocycles. The summed E-state index contributed by atoms with van der Waals surface area (Å²) in [7, 11) is 0. The van der Waals surface area contributed by atoms with Crippen molar-refractivity contribution < 1.29 is 9.90 Å². The number of hydrogen-bond acceptors (Lipinski definition) is 3. The van der Waals surface area contributed by atoms with Crippen molar-refractivity contribution in [3.8, 4) is 0 Å². The smallest absolute Gasteiger partial charge is 0.270 e. The first-order chi connectivity index (χ1) is 6.63. The summed E-state index contributed by atoms with van der Waals surface area (Å²) in [6.07, 6.45) is 0. The lowest BCUT2D eigenvalue weighted by Crippen LogP contribution is -2.35. The van der Waals surface area contributed by atoms with Crippen LogP contribution in [0.25, 0.3) is 0 Å². The predicted octanol–water partition coefficient (Wildman–Crippen LogP) is 0.955. The molecule has 2 N–H and O–H groups in total. The molecule has 76 valence electrons. The van der Waals surface area contributed by atoms with Crippen molar-refractivity contribution in [3.05, 3.63) is 28.5 Å². The minimum absolute atomic E-state index is 0.0836. The molecule has 0 aliphatic rings. The lowest BCUT2D eigenvalue weighted by atomic mass is 10.3. The van der Waals surface area contributed by atoms with Crippen LogP contribution in [0.1, 0.15) is 17.4 Å². The summed E-state index contributed by atoms with van der Waals surface area (Å²) in [4.78, 5) is 15.4. The van der Waals surface area contributed by atoms with Crippen LogP contribution >= 0.6 is 15.9 Å². The first-order valence-corrected chi connectivity index (χ1v) is 4.97. The van der Waals surface area contributed by atoms with Gasteiger partial charge in [-0.25, -0.2) is 4.98 Å². The number of pyridine rings is 1. The third-order valence-electron chi connectivity index (χ3n) is 1.60. The summed E-state index contributed by atoms with van der Waals surface area (Å²) >= 11 is 3.17. The van der Waals surface area contributed by atoms with Gasteiger partial charge >= 0.3 is 0 Å². The maximum absolute atomic E-state index is 11.5. The summed E-state index contributed by atoms with van der Waals surface area (Å²) in [6.45, 7) is 1.63. The first kappa shape index (κ1) is 11.1. The van der Waals surface area contributed by atoms with Gasteiger partial charge in [0, 0.05) is 6.04 Å². The van der Waals surface area contributed by atoms with Crippen LogP contribution in [0, 0.1) is 0 Å². The van der Waals surface area contributed by atoms with Crippen molar-refractivity contribution in [1.29, 1.82) is 0 Å². The predicted molar refractivity (Wildman–Crippen MR) is 56.0 cm³/mol. The van der Waals surface area contributed by atoms with Crippen LogP contribution in [0.2, 0.25) is 0 Å². The maximum Gasteiger partial charge on any atom is 0.270 e. The van der Waals surface area contributed by atoms with Crippen molar-refractivity contribution >= 4 is 21.8 Å². The number of hydrogen-bond donors (Lipinski definition) is 2. The lowest BCUT2D eigenvalue weighted by Gasteiger charge is -2.09. The highest BCUT2D eigenvalue weighted by atomic mass is 79.9. The molecule has 0 spiro atoms. The van der Waals surface area contributed by atoms with E-state index in [2.05, 4.69) is 26.2 Å². The molecule has 0 aromatic carbocycles. The number of rotatable bonds is 3. The summed E-state index contributed by atoms with van der Waals surface area (Å²) in [6, 6.07) is 4.83. The van der Waals surface area contributed by atoms with Crippen LogP contribution < -0.4 is 5.32 Å². The van der Waals surface area contributed by atoms with Crippen molar-refractivity contribution in [1.82, 2.24) is 10.3 Å². The summed E-state index contributed by atoms with van der Waals surface area (Å²) < 4.78 is 0.613. The van der Waals surface area contributed by atoms with Gasteiger partial charge in [-0.15, -0.1) is 0 Å². The second kappa shape index (κ2) is 5.07. The summed E-state index contributed by atoms with van der Waals surface area (Å²) in [5.74, 6) is -0.284. The second-order valence-electron chi connectivity index (χ2n) is 2.90. The normalized spacial score (nSPS) is 12.2. The molecular weight excluding hydrogens is 248 g/mol. The summed E-state index contributed by atoms with van der Waals surface area (Å²) in [5, 5.41) is 11.3. The van der Waals surface area contributed by atoms with Crippen LogP contribution in [-0.4, -0.2) is 28.6 Å². The molecule has 0 unspecified atom stereocenters. The Kier molecular flexibility index (Phi) is 4.03. The van der Waals surface area contributed by atoms with Crippen molar-refractivity contribution in [2.45, 2.75) is 13.0 Å². The van der Waals surface area contributed by atoms with Gasteiger partial charge in [0.05, 0.1) is 6.61 Å². The Bertz CT molecular complexity index is 330. The SMILES string of the molecule is C[C@H](CO)NC(=O)c1cccc(Br)n1. The zero-order valence-corrected chi connectivity index (χ0v) is 9.28. The number of carbonyl (C=O) groups excluding carboxylic acids is 1. The van der Waals surface area contributed by atoms with E-state index in [1.165, 1.54) is 0 Å². The van der Waals surface area contributed by atoms with Gasteiger partial charge < -0.3 is 10.4 Å². The molecule has 4 nitrogen and oxygen atoms in total. The van der Waals surface area contributed by atoms with E-state index in [9.17, 15) is 4.79 Å². The third-order valence-corrected chi connectivity index (χ3v) is 2.04. The molecule has 14 heavy (non-hydrogen) atoms. The van der Waals surface area contributed by atoms with Gasteiger partial charge in [-0.2, -0.15) is 0 Å². The van der Waals surface area contributed by atoms with Crippen LogP contribution in [-0.2, 0) is 0 Å². The summed E-state index contributed by atoms with van der Waals surface area (Å²) in [5.41, 5.74) is 0.333. The van der Waals surface area contributed by atoms with E-state index >= 15 is 0 Å². The van der Waals surface area contributed by atoms with E-state index < -0.39 is 0 Å². The van der Waals surface area contributed by atoms with Gasteiger partial charge in [0.1, 0.15) is 10.3 Å². The number of halogens is 1. The average molecular weight is 259 g/mol. The highest BCUT2D eigenvalue weighted by molar-refractivity contribution is 9.10.